The maximum absolute atomic E-state index is 12.1. The number of amides is 1. The summed E-state index contributed by atoms with van der Waals surface area (Å²) in [5.41, 5.74) is 3.18. The van der Waals surface area contributed by atoms with Gasteiger partial charge in [-0.2, -0.15) is 0 Å². The molecule has 0 saturated carbocycles. The molecule has 0 aliphatic heterocycles. The Labute approximate surface area is 150 Å². The number of benzene rings is 1. The normalized spacial score (nSPS) is 10.4. The van der Waals surface area contributed by atoms with Crippen LogP contribution in [0.5, 0.6) is 11.6 Å². The van der Waals surface area contributed by atoms with Crippen LogP contribution in [0, 0.1) is 13.8 Å². The number of pyridine rings is 2. The van der Waals surface area contributed by atoms with E-state index in [-0.39, 0.29) is 11.5 Å². The monoisotopic (exact) mass is 349 g/mol. The van der Waals surface area contributed by atoms with Gasteiger partial charge in [0, 0.05) is 36.6 Å². The minimum Gasteiger partial charge on any atom is -0.439 e. The van der Waals surface area contributed by atoms with E-state index in [1.54, 1.807) is 24.4 Å². The van der Waals surface area contributed by atoms with E-state index in [1.165, 1.54) is 17.8 Å². The van der Waals surface area contributed by atoms with E-state index in [1.807, 2.05) is 32.0 Å². The molecule has 3 rings (SSSR count). The summed E-state index contributed by atoms with van der Waals surface area (Å²) in [6.07, 6.45) is 3.07. The predicted molar refractivity (Wildman–Crippen MR) is 98.5 cm³/mol. The van der Waals surface area contributed by atoms with Crippen molar-refractivity contribution >= 4 is 5.91 Å². The molecular weight excluding hydrogens is 330 g/mol. The third-order valence-electron chi connectivity index (χ3n) is 3.99. The van der Waals surface area contributed by atoms with Gasteiger partial charge < -0.3 is 15.0 Å². The van der Waals surface area contributed by atoms with Crippen LogP contribution < -0.4 is 15.6 Å². The third-order valence-corrected chi connectivity index (χ3v) is 3.99. The highest BCUT2D eigenvalue weighted by molar-refractivity contribution is 5.93. The van der Waals surface area contributed by atoms with Crippen LogP contribution >= 0.6 is 0 Å². The first-order valence-electron chi connectivity index (χ1n) is 8.18. The molecule has 6 heteroatoms. The number of carbonyl (C=O) groups is 1. The zero-order valence-corrected chi connectivity index (χ0v) is 14.6. The van der Waals surface area contributed by atoms with Gasteiger partial charge in [-0.3, -0.25) is 9.59 Å². The Morgan fingerprint density at radius 2 is 1.96 bits per heavy atom. The van der Waals surface area contributed by atoms with E-state index in [0.717, 1.165) is 11.1 Å². The van der Waals surface area contributed by atoms with Gasteiger partial charge in [0.15, 0.2) is 0 Å². The summed E-state index contributed by atoms with van der Waals surface area (Å²) in [4.78, 5) is 30.1. The lowest BCUT2D eigenvalue weighted by molar-refractivity contribution is 0.0950. The molecule has 132 valence electrons. The molecule has 1 aromatic carbocycles. The molecule has 0 saturated heterocycles. The molecule has 26 heavy (non-hydrogen) atoms. The average molecular weight is 349 g/mol. The largest absolute Gasteiger partial charge is 0.439 e. The van der Waals surface area contributed by atoms with Crippen LogP contribution in [-0.4, -0.2) is 15.9 Å². The van der Waals surface area contributed by atoms with E-state index in [4.69, 9.17) is 4.74 Å². The fourth-order valence-corrected chi connectivity index (χ4v) is 2.38. The quantitative estimate of drug-likeness (QED) is 0.741. The first-order chi connectivity index (χ1) is 12.5. The van der Waals surface area contributed by atoms with Gasteiger partial charge >= 0.3 is 0 Å². The van der Waals surface area contributed by atoms with Gasteiger partial charge in [-0.15, -0.1) is 0 Å². The zero-order chi connectivity index (χ0) is 18.5. The SMILES string of the molecule is Cc1ccc(Oc2cc(CNC(=O)c3cc[nH]c(=O)c3)ccn2)cc1C. The van der Waals surface area contributed by atoms with Gasteiger partial charge in [0.05, 0.1) is 0 Å². The lowest BCUT2D eigenvalue weighted by atomic mass is 10.1. The van der Waals surface area contributed by atoms with Crippen LogP contribution in [0.2, 0.25) is 0 Å². The van der Waals surface area contributed by atoms with E-state index in [2.05, 4.69) is 15.3 Å². The van der Waals surface area contributed by atoms with Crippen molar-refractivity contribution in [3.05, 3.63) is 87.5 Å². The number of nitrogens with zero attached hydrogens (tertiary/aromatic N) is 1. The van der Waals surface area contributed by atoms with Gasteiger partial charge in [-0.05, 0) is 54.8 Å². The minimum absolute atomic E-state index is 0.303. The van der Waals surface area contributed by atoms with E-state index >= 15 is 0 Å². The Morgan fingerprint density at radius 1 is 1.12 bits per heavy atom. The molecule has 0 radical (unpaired) electrons. The van der Waals surface area contributed by atoms with Gasteiger partial charge in [-0.1, -0.05) is 6.07 Å². The second-order valence-corrected chi connectivity index (χ2v) is 5.97. The second-order valence-electron chi connectivity index (χ2n) is 5.97. The Kier molecular flexibility index (Phi) is 5.12. The summed E-state index contributed by atoms with van der Waals surface area (Å²) in [7, 11) is 0. The molecule has 0 aliphatic rings. The molecule has 2 heterocycles. The van der Waals surface area contributed by atoms with Gasteiger partial charge in [0.1, 0.15) is 5.75 Å². The molecule has 1 amide bonds. The minimum atomic E-state index is -0.315. The Balaban J connectivity index is 1.66. The van der Waals surface area contributed by atoms with E-state index < -0.39 is 0 Å². The Bertz CT molecular complexity index is 995. The first-order valence-corrected chi connectivity index (χ1v) is 8.18. The maximum Gasteiger partial charge on any atom is 0.251 e. The van der Waals surface area contributed by atoms with Crippen LogP contribution in [0.3, 0.4) is 0 Å². The third kappa shape index (κ3) is 4.36. The summed E-state index contributed by atoms with van der Waals surface area (Å²) < 4.78 is 5.79. The number of hydrogen-bond donors (Lipinski definition) is 2. The number of ether oxygens (including phenoxy) is 1. The summed E-state index contributed by atoms with van der Waals surface area (Å²) >= 11 is 0. The molecular formula is C20H19N3O3. The second kappa shape index (κ2) is 7.65. The van der Waals surface area contributed by atoms with Crippen molar-refractivity contribution in [1.82, 2.24) is 15.3 Å². The molecule has 0 bridgehead atoms. The average Bonchev–Trinajstić information content (AvgIpc) is 2.63. The van der Waals surface area contributed by atoms with Gasteiger partial charge in [-0.25, -0.2) is 4.98 Å². The van der Waals surface area contributed by atoms with Crippen molar-refractivity contribution in [1.29, 1.82) is 0 Å². The highest BCUT2D eigenvalue weighted by atomic mass is 16.5. The van der Waals surface area contributed by atoms with Crippen molar-refractivity contribution in [2.75, 3.05) is 0 Å². The standard InChI is InChI=1S/C20H19N3O3/c1-13-3-4-17(9-14(13)2)26-19-10-15(5-7-22-19)12-23-20(25)16-6-8-21-18(24)11-16/h3-11H,12H2,1-2H3,(H,21,24)(H,23,25). The molecule has 0 atom stereocenters. The smallest absolute Gasteiger partial charge is 0.251 e. The van der Waals surface area contributed by atoms with E-state index in [9.17, 15) is 9.59 Å². The van der Waals surface area contributed by atoms with Crippen molar-refractivity contribution in [3.63, 3.8) is 0 Å². The van der Waals surface area contributed by atoms with Crippen molar-refractivity contribution in [3.8, 4) is 11.6 Å². The van der Waals surface area contributed by atoms with Gasteiger partial charge in [0.2, 0.25) is 11.4 Å². The first kappa shape index (κ1) is 17.4. The summed E-state index contributed by atoms with van der Waals surface area (Å²) in [6, 6.07) is 12.2. The highest BCUT2D eigenvalue weighted by Gasteiger charge is 2.07. The van der Waals surface area contributed by atoms with Crippen molar-refractivity contribution in [2.45, 2.75) is 20.4 Å². The number of H-pyrrole nitrogens is 1. The molecule has 0 fully saturated rings. The van der Waals surface area contributed by atoms with Crippen LogP contribution in [0.15, 0.2) is 59.7 Å². The fourth-order valence-electron chi connectivity index (χ4n) is 2.38. The predicted octanol–water partition coefficient (Wildman–Crippen LogP) is 3.11. The van der Waals surface area contributed by atoms with Crippen LogP contribution in [-0.2, 0) is 6.54 Å². The topological polar surface area (TPSA) is 84.1 Å². The number of rotatable bonds is 5. The summed E-state index contributed by atoms with van der Waals surface area (Å²) in [5.74, 6) is 0.853. The number of aromatic nitrogens is 2. The summed E-state index contributed by atoms with van der Waals surface area (Å²) in [5, 5.41) is 2.78. The molecule has 0 aliphatic carbocycles. The zero-order valence-electron chi connectivity index (χ0n) is 14.6. The lowest BCUT2D eigenvalue weighted by Crippen LogP contribution is -2.24. The number of aromatic amines is 1. The molecule has 0 spiro atoms. The number of nitrogens with one attached hydrogen (secondary N) is 2. The fraction of sp³-hybridized carbons (Fsp3) is 0.150. The lowest BCUT2D eigenvalue weighted by Gasteiger charge is -2.09. The van der Waals surface area contributed by atoms with Crippen LogP contribution in [0.4, 0.5) is 0 Å². The maximum atomic E-state index is 12.1. The van der Waals surface area contributed by atoms with Gasteiger partial charge in [0.25, 0.3) is 5.91 Å². The number of carbonyl (C=O) groups excluding carboxylic acids is 1. The molecule has 2 N–H and O–H groups in total. The highest BCUT2D eigenvalue weighted by Crippen LogP contribution is 2.22. The van der Waals surface area contributed by atoms with Crippen LogP contribution in [0.1, 0.15) is 27.0 Å². The number of hydrogen-bond acceptors (Lipinski definition) is 4. The molecule has 3 aromatic rings. The molecule has 6 nitrogen and oxygen atoms in total. The molecule has 2 aromatic heterocycles. The molecule has 0 unspecified atom stereocenters. The Morgan fingerprint density at radius 3 is 2.73 bits per heavy atom. The van der Waals surface area contributed by atoms with E-state index in [0.29, 0.717) is 23.7 Å². The summed E-state index contributed by atoms with van der Waals surface area (Å²) in [6.45, 7) is 4.37. The Hall–Kier alpha value is -3.41. The number of aryl methyl sites for hydroxylation is 2. The van der Waals surface area contributed by atoms with Crippen LogP contribution in [0.25, 0.3) is 0 Å². The van der Waals surface area contributed by atoms with Crippen molar-refractivity contribution in [2.24, 2.45) is 0 Å². The van der Waals surface area contributed by atoms with Crippen molar-refractivity contribution < 1.29 is 9.53 Å².